The Bertz CT molecular complexity index is 690. The maximum Gasteiger partial charge on any atom is 0.335 e. The van der Waals surface area contributed by atoms with Gasteiger partial charge in [-0.15, -0.1) is 0 Å². The molecule has 1 N–H and O–H groups in total. The molecule has 0 bridgehead atoms. The van der Waals surface area contributed by atoms with E-state index in [0.29, 0.717) is 23.4 Å². The van der Waals surface area contributed by atoms with Gasteiger partial charge in [0.15, 0.2) is 0 Å². The molecular weight excluding hydrogens is 256 g/mol. The Hall–Kier alpha value is -2.87. The number of ether oxygens (including phenoxy) is 1. The summed E-state index contributed by atoms with van der Waals surface area (Å²) < 4.78 is 5.53. The molecule has 0 saturated carbocycles. The zero-order valence-electron chi connectivity index (χ0n) is 10.8. The van der Waals surface area contributed by atoms with E-state index in [1.807, 2.05) is 13.0 Å². The number of benzene rings is 1. The van der Waals surface area contributed by atoms with Crippen LogP contribution in [0.2, 0.25) is 0 Å². The number of pyridine rings is 1. The van der Waals surface area contributed by atoms with Gasteiger partial charge in [-0.1, -0.05) is 13.0 Å². The number of carboxylic acid groups (broad SMARTS) is 1. The average molecular weight is 268 g/mol. The van der Waals surface area contributed by atoms with E-state index in [-0.39, 0.29) is 11.4 Å². The second-order valence-electron chi connectivity index (χ2n) is 4.09. The number of hydrogen-bond donors (Lipinski definition) is 1. The van der Waals surface area contributed by atoms with Crippen molar-refractivity contribution in [3.63, 3.8) is 0 Å². The second kappa shape index (κ2) is 5.85. The number of aryl methyl sites for hydroxylation is 1. The second-order valence-corrected chi connectivity index (χ2v) is 4.09. The topological polar surface area (TPSA) is 83.2 Å². The van der Waals surface area contributed by atoms with Crippen molar-refractivity contribution in [2.75, 3.05) is 0 Å². The molecule has 0 fully saturated rings. The molecule has 20 heavy (non-hydrogen) atoms. The van der Waals surface area contributed by atoms with Crippen LogP contribution >= 0.6 is 0 Å². The van der Waals surface area contributed by atoms with Gasteiger partial charge in [-0.3, -0.25) is 0 Å². The molecule has 2 aromatic rings. The quantitative estimate of drug-likeness (QED) is 0.921. The minimum absolute atomic E-state index is 0.128. The zero-order chi connectivity index (χ0) is 14.5. The molecule has 100 valence electrons. The summed E-state index contributed by atoms with van der Waals surface area (Å²) in [5.41, 5.74) is 1.23. The first-order chi connectivity index (χ1) is 9.62. The Morgan fingerprint density at radius 2 is 2.20 bits per heavy atom. The Labute approximate surface area is 116 Å². The molecule has 1 heterocycles. The van der Waals surface area contributed by atoms with E-state index in [0.717, 1.165) is 0 Å². The van der Waals surface area contributed by atoms with Gasteiger partial charge in [-0.05, 0) is 30.7 Å². The van der Waals surface area contributed by atoms with Gasteiger partial charge in [0, 0.05) is 11.8 Å². The number of rotatable bonds is 4. The van der Waals surface area contributed by atoms with Crippen molar-refractivity contribution in [2.24, 2.45) is 0 Å². The summed E-state index contributed by atoms with van der Waals surface area (Å²) in [7, 11) is 0. The highest BCUT2D eigenvalue weighted by molar-refractivity contribution is 5.88. The molecular formula is C15H12N2O3. The molecule has 0 radical (unpaired) electrons. The van der Waals surface area contributed by atoms with Gasteiger partial charge in [0.1, 0.15) is 5.75 Å². The SMILES string of the molecule is CCc1cc(C(=O)O)cc(Oc2cccc(C#N)c2)n1. The fourth-order valence-electron chi connectivity index (χ4n) is 1.67. The van der Waals surface area contributed by atoms with Crippen LogP contribution in [0, 0.1) is 11.3 Å². The van der Waals surface area contributed by atoms with Gasteiger partial charge >= 0.3 is 5.97 Å². The molecule has 5 nitrogen and oxygen atoms in total. The summed E-state index contributed by atoms with van der Waals surface area (Å²) in [5, 5.41) is 17.9. The van der Waals surface area contributed by atoms with Crippen LogP contribution in [0.4, 0.5) is 0 Å². The Balaban J connectivity index is 2.35. The molecule has 2 rings (SSSR count). The van der Waals surface area contributed by atoms with Gasteiger partial charge in [0.25, 0.3) is 0 Å². The third-order valence-corrected chi connectivity index (χ3v) is 2.65. The van der Waals surface area contributed by atoms with Crippen LogP contribution < -0.4 is 4.74 Å². The van der Waals surface area contributed by atoms with Gasteiger partial charge in [0.05, 0.1) is 17.2 Å². The summed E-state index contributed by atoms with van der Waals surface area (Å²) in [4.78, 5) is 15.3. The number of nitriles is 1. The largest absolute Gasteiger partial charge is 0.478 e. The molecule has 0 saturated heterocycles. The van der Waals surface area contributed by atoms with Crippen LogP contribution in [0.25, 0.3) is 0 Å². The number of carbonyl (C=O) groups is 1. The summed E-state index contributed by atoms with van der Waals surface area (Å²) >= 11 is 0. The van der Waals surface area contributed by atoms with E-state index in [1.165, 1.54) is 12.1 Å². The molecule has 0 spiro atoms. The molecule has 1 aromatic heterocycles. The maximum absolute atomic E-state index is 11.0. The van der Waals surface area contributed by atoms with Crippen LogP contribution in [0.1, 0.15) is 28.5 Å². The van der Waals surface area contributed by atoms with E-state index in [1.54, 1.807) is 24.3 Å². The van der Waals surface area contributed by atoms with Crippen molar-refractivity contribution in [1.29, 1.82) is 5.26 Å². The number of carboxylic acids is 1. The van der Waals surface area contributed by atoms with E-state index < -0.39 is 5.97 Å². The molecule has 0 aliphatic carbocycles. The summed E-state index contributed by atoms with van der Waals surface area (Å²) in [6.45, 7) is 1.88. The van der Waals surface area contributed by atoms with Gasteiger partial charge in [-0.25, -0.2) is 9.78 Å². The Morgan fingerprint density at radius 3 is 2.85 bits per heavy atom. The number of hydrogen-bond acceptors (Lipinski definition) is 4. The fraction of sp³-hybridized carbons (Fsp3) is 0.133. The predicted molar refractivity (Wildman–Crippen MR) is 71.8 cm³/mol. The highest BCUT2D eigenvalue weighted by atomic mass is 16.5. The van der Waals surface area contributed by atoms with Crippen LogP contribution in [-0.2, 0) is 6.42 Å². The first-order valence-corrected chi connectivity index (χ1v) is 6.04. The first kappa shape index (κ1) is 13.6. The Morgan fingerprint density at radius 1 is 1.40 bits per heavy atom. The monoisotopic (exact) mass is 268 g/mol. The molecule has 1 aromatic carbocycles. The molecule has 0 amide bonds. The van der Waals surface area contributed by atoms with Crippen LogP contribution in [0.5, 0.6) is 11.6 Å². The van der Waals surface area contributed by atoms with Crippen molar-refractivity contribution >= 4 is 5.97 Å². The molecule has 0 unspecified atom stereocenters. The minimum Gasteiger partial charge on any atom is -0.478 e. The van der Waals surface area contributed by atoms with Crippen LogP contribution in [0.15, 0.2) is 36.4 Å². The fourth-order valence-corrected chi connectivity index (χ4v) is 1.67. The predicted octanol–water partition coefficient (Wildman–Crippen LogP) is 3.01. The standard InChI is InChI=1S/C15H12N2O3/c1-2-12-7-11(15(18)19)8-14(17-12)20-13-5-3-4-10(6-13)9-16/h3-8H,2H2,1H3,(H,18,19). The van der Waals surface area contributed by atoms with Crippen molar-refractivity contribution in [3.8, 4) is 17.7 Å². The maximum atomic E-state index is 11.0. The average Bonchev–Trinajstić information content (AvgIpc) is 2.47. The first-order valence-electron chi connectivity index (χ1n) is 6.04. The summed E-state index contributed by atoms with van der Waals surface area (Å²) in [6.07, 6.45) is 0.607. The highest BCUT2D eigenvalue weighted by Crippen LogP contribution is 2.22. The molecule has 5 heteroatoms. The smallest absolute Gasteiger partial charge is 0.335 e. The highest BCUT2D eigenvalue weighted by Gasteiger charge is 2.09. The lowest BCUT2D eigenvalue weighted by molar-refractivity contribution is 0.0696. The van der Waals surface area contributed by atoms with E-state index in [2.05, 4.69) is 4.98 Å². The lowest BCUT2D eigenvalue weighted by Gasteiger charge is -2.07. The number of aromatic carboxylic acids is 1. The lowest BCUT2D eigenvalue weighted by Crippen LogP contribution is -2.01. The van der Waals surface area contributed by atoms with Crippen molar-refractivity contribution in [2.45, 2.75) is 13.3 Å². The van der Waals surface area contributed by atoms with E-state index >= 15 is 0 Å². The molecule has 0 aliphatic rings. The van der Waals surface area contributed by atoms with Gasteiger partial charge in [-0.2, -0.15) is 5.26 Å². The number of aromatic nitrogens is 1. The number of nitrogens with zero attached hydrogens (tertiary/aromatic N) is 2. The van der Waals surface area contributed by atoms with Crippen molar-refractivity contribution in [3.05, 3.63) is 53.2 Å². The third kappa shape index (κ3) is 3.12. The van der Waals surface area contributed by atoms with Crippen molar-refractivity contribution in [1.82, 2.24) is 4.98 Å². The zero-order valence-corrected chi connectivity index (χ0v) is 10.8. The lowest BCUT2D eigenvalue weighted by atomic mass is 10.2. The minimum atomic E-state index is -1.03. The third-order valence-electron chi connectivity index (χ3n) is 2.65. The van der Waals surface area contributed by atoms with E-state index in [4.69, 9.17) is 15.1 Å². The normalized spacial score (nSPS) is 9.80. The molecule has 0 atom stereocenters. The van der Waals surface area contributed by atoms with Gasteiger partial charge in [0.2, 0.25) is 5.88 Å². The van der Waals surface area contributed by atoms with Crippen LogP contribution in [-0.4, -0.2) is 16.1 Å². The van der Waals surface area contributed by atoms with Crippen LogP contribution in [0.3, 0.4) is 0 Å². The van der Waals surface area contributed by atoms with E-state index in [9.17, 15) is 4.79 Å². The molecule has 0 aliphatic heterocycles. The summed E-state index contributed by atoms with van der Waals surface area (Å²) in [5.74, 6) is -0.379. The Kier molecular flexibility index (Phi) is 3.96. The van der Waals surface area contributed by atoms with Crippen molar-refractivity contribution < 1.29 is 14.6 Å². The van der Waals surface area contributed by atoms with Gasteiger partial charge < -0.3 is 9.84 Å². The summed E-state index contributed by atoms with van der Waals surface area (Å²) in [6, 6.07) is 11.5.